The number of nitrogens with zero attached hydrogens (tertiary/aromatic N) is 1. The SMILES string of the molecule is CCCCO[P@](=O)(c1ccc(N(C)C)cc1)[C@@H](O)c1ccc(OC)cc1. The maximum Gasteiger partial charge on any atom is 0.264 e. The van der Waals surface area contributed by atoms with Gasteiger partial charge in [-0.25, -0.2) is 0 Å². The van der Waals surface area contributed by atoms with Crippen molar-refractivity contribution in [2.24, 2.45) is 0 Å². The van der Waals surface area contributed by atoms with Crippen LogP contribution < -0.4 is 14.9 Å². The molecule has 0 aromatic heterocycles. The molecule has 0 saturated carbocycles. The summed E-state index contributed by atoms with van der Waals surface area (Å²) in [5.41, 5.74) is 1.54. The van der Waals surface area contributed by atoms with E-state index in [1.54, 1.807) is 43.5 Å². The lowest BCUT2D eigenvalue weighted by atomic mass is 10.2. The van der Waals surface area contributed by atoms with Crippen LogP contribution in [0, 0.1) is 0 Å². The summed E-state index contributed by atoms with van der Waals surface area (Å²) in [4.78, 5) is 1.96. The Labute approximate surface area is 156 Å². The molecular weight excluding hydrogens is 349 g/mol. The molecular formula is C20H28NO4P. The number of aliphatic hydroxyl groups is 1. The molecule has 5 nitrogen and oxygen atoms in total. The van der Waals surface area contributed by atoms with Crippen molar-refractivity contribution < 1.29 is 18.9 Å². The maximum atomic E-state index is 13.7. The van der Waals surface area contributed by atoms with E-state index < -0.39 is 13.2 Å². The Morgan fingerprint density at radius 3 is 2.19 bits per heavy atom. The molecule has 0 spiro atoms. The van der Waals surface area contributed by atoms with Crippen LogP contribution in [0.4, 0.5) is 5.69 Å². The molecule has 0 saturated heterocycles. The standard InChI is InChI=1S/C20H28NO4P/c1-5-6-15-25-26(23,19-13-9-17(10-14-19)21(2)3)20(22)16-7-11-18(24-4)12-8-16/h7-14,20,22H,5-6,15H2,1-4H3/t20-,26-/m1/s1. The molecule has 0 aliphatic carbocycles. The van der Waals surface area contributed by atoms with Crippen molar-refractivity contribution in [2.45, 2.75) is 25.6 Å². The van der Waals surface area contributed by atoms with Crippen molar-refractivity contribution in [2.75, 3.05) is 32.7 Å². The van der Waals surface area contributed by atoms with E-state index in [9.17, 15) is 9.67 Å². The Hall–Kier alpha value is -1.81. The van der Waals surface area contributed by atoms with Crippen LogP contribution in [0.25, 0.3) is 0 Å². The first-order chi connectivity index (χ1) is 12.4. The summed E-state index contributed by atoms with van der Waals surface area (Å²) >= 11 is 0. The van der Waals surface area contributed by atoms with Gasteiger partial charge in [0, 0.05) is 25.1 Å². The molecule has 6 heteroatoms. The normalized spacial score (nSPS) is 14.5. The Kier molecular flexibility index (Phi) is 7.27. The van der Waals surface area contributed by atoms with Crippen molar-refractivity contribution in [1.29, 1.82) is 0 Å². The monoisotopic (exact) mass is 377 g/mol. The maximum absolute atomic E-state index is 13.7. The minimum Gasteiger partial charge on any atom is -0.497 e. The van der Waals surface area contributed by atoms with Gasteiger partial charge in [-0.3, -0.25) is 4.57 Å². The van der Waals surface area contributed by atoms with Crippen LogP contribution in [-0.2, 0) is 9.09 Å². The number of methoxy groups -OCH3 is 1. The van der Waals surface area contributed by atoms with Gasteiger partial charge in [0.15, 0.2) is 5.85 Å². The first kappa shape index (κ1) is 20.5. The second kappa shape index (κ2) is 9.22. The molecule has 0 heterocycles. The Balaban J connectivity index is 2.37. The third-order valence-corrected chi connectivity index (χ3v) is 6.77. The van der Waals surface area contributed by atoms with Gasteiger partial charge in [-0.1, -0.05) is 25.5 Å². The van der Waals surface area contributed by atoms with Crippen molar-refractivity contribution in [3.63, 3.8) is 0 Å². The van der Waals surface area contributed by atoms with E-state index >= 15 is 0 Å². The lowest BCUT2D eigenvalue weighted by molar-refractivity contribution is 0.212. The van der Waals surface area contributed by atoms with E-state index in [0.29, 0.717) is 23.2 Å². The predicted molar refractivity (Wildman–Crippen MR) is 107 cm³/mol. The molecule has 0 amide bonds. The fourth-order valence-electron chi connectivity index (χ4n) is 2.56. The second-order valence-corrected chi connectivity index (χ2v) is 8.80. The highest BCUT2D eigenvalue weighted by molar-refractivity contribution is 7.67. The van der Waals surface area contributed by atoms with Gasteiger partial charge < -0.3 is 19.3 Å². The number of benzene rings is 2. The van der Waals surface area contributed by atoms with Crippen LogP contribution in [-0.4, -0.2) is 32.9 Å². The van der Waals surface area contributed by atoms with E-state index in [1.807, 2.05) is 38.1 Å². The molecule has 142 valence electrons. The van der Waals surface area contributed by atoms with E-state index in [0.717, 1.165) is 18.5 Å². The molecule has 2 aromatic rings. The molecule has 1 N–H and O–H groups in total. The zero-order valence-corrected chi connectivity index (χ0v) is 16.8. The summed E-state index contributed by atoms with van der Waals surface area (Å²) in [6.45, 7) is 2.39. The highest BCUT2D eigenvalue weighted by Crippen LogP contribution is 2.57. The Morgan fingerprint density at radius 1 is 1.08 bits per heavy atom. The van der Waals surface area contributed by atoms with Gasteiger partial charge >= 0.3 is 0 Å². The fraction of sp³-hybridized carbons (Fsp3) is 0.400. The van der Waals surface area contributed by atoms with Crippen molar-refractivity contribution in [3.8, 4) is 5.75 Å². The van der Waals surface area contributed by atoms with E-state index in [-0.39, 0.29) is 0 Å². The Morgan fingerprint density at radius 2 is 1.69 bits per heavy atom. The third kappa shape index (κ3) is 4.67. The molecule has 0 radical (unpaired) electrons. The summed E-state index contributed by atoms with van der Waals surface area (Å²) < 4.78 is 24.6. The van der Waals surface area contributed by atoms with Crippen molar-refractivity contribution >= 4 is 18.4 Å². The summed E-state index contributed by atoms with van der Waals surface area (Å²) in [6, 6.07) is 14.2. The van der Waals surface area contributed by atoms with Crippen LogP contribution in [0.15, 0.2) is 48.5 Å². The molecule has 0 aliphatic rings. The number of aliphatic hydroxyl groups excluding tert-OH is 1. The Bertz CT molecular complexity index is 728. The minimum absolute atomic E-state index is 0.344. The van der Waals surface area contributed by atoms with Gasteiger partial charge in [-0.05, 0) is 48.4 Å². The summed E-state index contributed by atoms with van der Waals surface area (Å²) in [5.74, 6) is -0.548. The van der Waals surface area contributed by atoms with Crippen LogP contribution in [0.5, 0.6) is 5.75 Å². The molecule has 26 heavy (non-hydrogen) atoms. The zero-order chi connectivity index (χ0) is 19.2. The number of hydrogen-bond acceptors (Lipinski definition) is 5. The highest BCUT2D eigenvalue weighted by atomic mass is 31.2. The average Bonchev–Trinajstić information content (AvgIpc) is 2.67. The first-order valence-corrected chi connectivity index (χ1v) is 10.5. The molecule has 0 aliphatic heterocycles. The topological polar surface area (TPSA) is 59.0 Å². The zero-order valence-electron chi connectivity index (χ0n) is 15.9. The fourth-order valence-corrected chi connectivity index (χ4v) is 4.66. The van der Waals surface area contributed by atoms with Crippen LogP contribution in [0.2, 0.25) is 0 Å². The van der Waals surface area contributed by atoms with Crippen molar-refractivity contribution in [1.82, 2.24) is 0 Å². The third-order valence-electron chi connectivity index (χ3n) is 4.24. The number of ether oxygens (including phenoxy) is 1. The number of rotatable bonds is 9. The molecule has 2 rings (SSSR count). The lowest BCUT2D eigenvalue weighted by Crippen LogP contribution is -2.16. The average molecular weight is 377 g/mol. The molecule has 2 aromatic carbocycles. The molecule has 0 bridgehead atoms. The van der Waals surface area contributed by atoms with Gasteiger partial charge in [-0.2, -0.15) is 0 Å². The quantitative estimate of drug-likeness (QED) is 0.525. The summed E-state index contributed by atoms with van der Waals surface area (Å²) in [5, 5.41) is 11.4. The van der Waals surface area contributed by atoms with Gasteiger partial charge in [-0.15, -0.1) is 0 Å². The smallest absolute Gasteiger partial charge is 0.264 e. The largest absolute Gasteiger partial charge is 0.497 e. The number of unbranched alkanes of at least 4 members (excludes halogenated alkanes) is 1. The van der Waals surface area contributed by atoms with Crippen LogP contribution in [0.1, 0.15) is 31.2 Å². The first-order valence-electron chi connectivity index (χ1n) is 8.76. The van der Waals surface area contributed by atoms with Crippen LogP contribution >= 0.6 is 7.37 Å². The summed E-state index contributed by atoms with van der Waals surface area (Å²) in [6.07, 6.45) is 1.72. The van der Waals surface area contributed by atoms with Gasteiger partial charge in [0.05, 0.1) is 13.7 Å². The van der Waals surface area contributed by atoms with E-state index in [1.165, 1.54) is 0 Å². The second-order valence-electron chi connectivity index (χ2n) is 6.34. The summed E-state index contributed by atoms with van der Waals surface area (Å²) in [7, 11) is 1.97. The number of anilines is 1. The van der Waals surface area contributed by atoms with Gasteiger partial charge in [0.2, 0.25) is 0 Å². The lowest BCUT2D eigenvalue weighted by Gasteiger charge is -2.25. The van der Waals surface area contributed by atoms with Crippen molar-refractivity contribution in [3.05, 3.63) is 54.1 Å². The van der Waals surface area contributed by atoms with E-state index in [2.05, 4.69) is 0 Å². The van der Waals surface area contributed by atoms with Gasteiger partial charge in [0.1, 0.15) is 5.75 Å². The molecule has 0 unspecified atom stereocenters. The number of hydrogen-bond donors (Lipinski definition) is 1. The molecule has 2 atom stereocenters. The molecule has 0 fully saturated rings. The minimum atomic E-state index is -3.49. The van der Waals surface area contributed by atoms with Gasteiger partial charge in [0.25, 0.3) is 7.37 Å². The highest BCUT2D eigenvalue weighted by Gasteiger charge is 2.36. The van der Waals surface area contributed by atoms with Crippen LogP contribution in [0.3, 0.4) is 0 Å². The predicted octanol–water partition coefficient (Wildman–Crippen LogP) is 4.17. The van der Waals surface area contributed by atoms with E-state index in [4.69, 9.17) is 9.26 Å².